The van der Waals surface area contributed by atoms with Crippen LogP contribution in [0, 0.1) is 0 Å². The molecule has 4 heteroatoms. The third kappa shape index (κ3) is 2.56. The first-order valence-electron chi connectivity index (χ1n) is 7.33. The smallest absolute Gasteiger partial charge is 0.0762 e. The lowest BCUT2D eigenvalue weighted by molar-refractivity contribution is 0.393. The predicted octanol–water partition coefficient (Wildman–Crippen LogP) is 2.64. The SMILES string of the molecule is CCNC(c1cnccn1)C1CCCc2cccnc21. The Balaban J connectivity index is 1.97. The number of hydrogen-bond acceptors (Lipinski definition) is 4. The van der Waals surface area contributed by atoms with E-state index in [1.54, 1.807) is 12.4 Å². The van der Waals surface area contributed by atoms with Crippen LogP contribution in [0.15, 0.2) is 36.9 Å². The summed E-state index contributed by atoms with van der Waals surface area (Å²) in [7, 11) is 0. The van der Waals surface area contributed by atoms with Crippen molar-refractivity contribution < 1.29 is 0 Å². The van der Waals surface area contributed by atoms with Gasteiger partial charge in [-0.05, 0) is 37.4 Å². The van der Waals surface area contributed by atoms with Gasteiger partial charge in [0.1, 0.15) is 0 Å². The Bertz CT molecular complexity index is 555. The normalized spacial score (nSPS) is 19.4. The van der Waals surface area contributed by atoms with Crippen molar-refractivity contribution in [2.24, 2.45) is 0 Å². The summed E-state index contributed by atoms with van der Waals surface area (Å²) < 4.78 is 0. The lowest BCUT2D eigenvalue weighted by atomic mass is 9.81. The summed E-state index contributed by atoms with van der Waals surface area (Å²) in [5.41, 5.74) is 3.63. The summed E-state index contributed by atoms with van der Waals surface area (Å²) in [4.78, 5) is 13.3. The summed E-state index contributed by atoms with van der Waals surface area (Å²) in [5.74, 6) is 0.386. The standard InChI is InChI=1S/C16H20N4/c1-2-18-16(14-11-17-9-10-19-14)13-7-3-5-12-6-4-8-20-15(12)13/h4,6,8-11,13,16,18H,2-3,5,7H2,1H3. The van der Waals surface area contributed by atoms with Crippen molar-refractivity contribution in [1.29, 1.82) is 0 Å². The molecule has 0 saturated heterocycles. The minimum Gasteiger partial charge on any atom is -0.308 e. The summed E-state index contributed by atoms with van der Waals surface area (Å²) in [5, 5.41) is 3.57. The van der Waals surface area contributed by atoms with Gasteiger partial charge in [-0.3, -0.25) is 15.0 Å². The second-order valence-corrected chi connectivity index (χ2v) is 5.21. The van der Waals surface area contributed by atoms with Gasteiger partial charge >= 0.3 is 0 Å². The number of rotatable bonds is 4. The molecule has 2 aromatic rings. The minimum atomic E-state index is 0.197. The Hall–Kier alpha value is -1.81. The molecule has 0 aliphatic heterocycles. The van der Waals surface area contributed by atoms with E-state index in [0.717, 1.165) is 25.1 Å². The molecule has 20 heavy (non-hydrogen) atoms. The highest BCUT2D eigenvalue weighted by Gasteiger charge is 2.30. The highest BCUT2D eigenvalue weighted by atomic mass is 15.0. The number of aromatic nitrogens is 3. The lowest BCUT2D eigenvalue weighted by Crippen LogP contribution is -2.30. The van der Waals surface area contributed by atoms with E-state index in [4.69, 9.17) is 0 Å². The molecule has 0 amide bonds. The Labute approximate surface area is 119 Å². The monoisotopic (exact) mass is 268 g/mol. The molecule has 1 N–H and O–H groups in total. The average molecular weight is 268 g/mol. The Morgan fingerprint density at radius 2 is 2.25 bits per heavy atom. The first kappa shape index (κ1) is 13.2. The third-order valence-corrected chi connectivity index (χ3v) is 3.97. The molecule has 0 bridgehead atoms. The molecule has 1 aliphatic rings. The van der Waals surface area contributed by atoms with Crippen LogP contribution < -0.4 is 5.32 Å². The molecule has 0 radical (unpaired) electrons. The van der Waals surface area contributed by atoms with Crippen LogP contribution in [0.3, 0.4) is 0 Å². The molecule has 0 spiro atoms. The van der Waals surface area contributed by atoms with Crippen LogP contribution in [0.2, 0.25) is 0 Å². The molecule has 0 aromatic carbocycles. The van der Waals surface area contributed by atoms with Gasteiger partial charge in [0.25, 0.3) is 0 Å². The zero-order chi connectivity index (χ0) is 13.8. The van der Waals surface area contributed by atoms with Crippen LogP contribution in [0.5, 0.6) is 0 Å². The Kier molecular flexibility index (Phi) is 4.02. The van der Waals surface area contributed by atoms with Crippen LogP contribution in [-0.4, -0.2) is 21.5 Å². The van der Waals surface area contributed by atoms with E-state index < -0.39 is 0 Å². The highest BCUT2D eigenvalue weighted by Crippen LogP contribution is 2.38. The fraction of sp³-hybridized carbons (Fsp3) is 0.438. The quantitative estimate of drug-likeness (QED) is 0.926. The topological polar surface area (TPSA) is 50.7 Å². The molecule has 1 aliphatic carbocycles. The number of nitrogens with one attached hydrogen (secondary N) is 1. The summed E-state index contributed by atoms with van der Waals surface area (Å²) in [6, 6.07) is 4.43. The van der Waals surface area contributed by atoms with E-state index in [1.807, 2.05) is 18.5 Å². The largest absolute Gasteiger partial charge is 0.308 e. The van der Waals surface area contributed by atoms with Gasteiger partial charge in [-0.15, -0.1) is 0 Å². The molecule has 2 heterocycles. The summed E-state index contributed by atoms with van der Waals surface area (Å²) in [6.07, 6.45) is 10.8. The lowest BCUT2D eigenvalue weighted by Gasteiger charge is -2.31. The molecule has 2 unspecified atom stereocenters. The summed E-state index contributed by atoms with van der Waals surface area (Å²) >= 11 is 0. The third-order valence-electron chi connectivity index (χ3n) is 3.97. The first-order valence-corrected chi connectivity index (χ1v) is 7.33. The van der Waals surface area contributed by atoms with Crippen molar-refractivity contribution in [2.45, 2.75) is 38.1 Å². The second-order valence-electron chi connectivity index (χ2n) is 5.21. The van der Waals surface area contributed by atoms with Crippen molar-refractivity contribution in [1.82, 2.24) is 20.3 Å². The Morgan fingerprint density at radius 1 is 1.30 bits per heavy atom. The van der Waals surface area contributed by atoms with E-state index in [-0.39, 0.29) is 6.04 Å². The van der Waals surface area contributed by atoms with Crippen molar-refractivity contribution in [3.8, 4) is 0 Å². The van der Waals surface area contributed by atoms with Gasteiger partial charge < -0.3 is 5.32 Å². The average Bonchev–Trinajstić information content (AvgIpc) is 2.53. The molecule has 3 rings (SSSR count). The van der Waals surface area contributed by atoms with E-state index in [9.17, 15) is 0 Å². The Morgan fingerprint density at radius 3 is 3.05 bits per heavy atom. The maximum absolute atomic E-state index is 4.64. The van der Waals surface area contributed by atoms with E-state index in [2.05, 4.69) is 33.3 Å². The zero-order valence-electron chi connectivity index (χ0n) is 11.8. The maximum Gasteiger partial charge on any atom is 0.0762 e. The molecule has 104 valence electrons. The van der Waals surface area contributed by atoms with Crippen LogP contribution in [0.1, 0.15) is 48.7 Å². The van der Waals surface area contributed by atoms with Gasteiger partial charge in [0.15, 0.2) is 0 Å². The van der Waals surface area contributed by atoms with Gasteiger partial charge in [-0.25, -0.2) is 0 Å². The first-order chi connectivity index (χ1) is 9.90. The molecule has 0 fully saturated rings. The number of aryl methyl sites for hydroxylation is 1. The second kappa shape index (κ2) is 6.09. The van der Waals surface area contributed by atoms with Crippen molar-refractivity contribution >= 4 is 0 Å². The van der Waals surface area contributed by atoms with Crippen molar-refractivity contribution in [3.63, 3.8) is 0 Å². The molecule has 2 aromatic heterocycles. The number of likely N-dealkylation sites (N-methyl/N-ethyl adjacent to an activating group) is 1. The predicted molar refractivity (Wildman–Crippen MR) is 78.4 cm³/mol. The van der Waals surface area contributed by atoms with Crippen LogP contribution in [-0.2, 0) is 6.42 Å². The maximum atomic E-state index is 4.64. The van der Waals surface area contributed by atoms with Gasteiger partial charge in [-0.1, -0.05) is 13.0 Å². The fourth-order valence-corrected chi connectivity index (χ4v) is 3.11. The van der Waals surface area contributed by atoms with E-state index in [1.165, 1.54) is 17.7 Å². The highest BCUT2D eigenvalue weighted by molar-refractivity contribution is 5.29. The number of fused-ring (bicyclic) bond motifs is 1. The van der Waals surface area contributed by atoms with Crippen LogP contribution in [0.25, 0.3) is 0 Å². The molecule has 4 nitrogen and oxygen atoms in total. The molecular formula is C16H20N4. The van der Waals surface area contributed by atoms with Crippen molar-refractivity contribution in [3.05, 3.63) is 53.9 Å². The van der Waals surface area contributed by atoms with Gasteiger partial charge in [0.05, 0.1) is 11.7 Å². The van der Waals surface area contributed by atoms with Crippen molar-refractivity contribution in [2.75, 3.05) is 6.54 Å². The van der Waals surface area contributed by atoms with Crippen LogP contribution >= 0.6 is 0 Å². The van der Waals surface area contributed by atoms with E-state index >= 15 is 0 Å². The minimum absolute atomic E-state index is 0.197. The van der Waals surface area contributed by atoms with Gasteiger partial charge in [0, 0.05) is 36.4 Å². The number of pyridine rings is 1. The van der Waals surface area contributed by atoms with Gasteiger partial charge in [0.2, 0.25) is 0 Å². The number of nitrogens with zero attached hydrogens (tertiary/aromatic N) is 3. The zero-order valence-corrected chi connectivity index (χ0v) is 11.8. The fourth-order valence-electron chi connectivity index (χ4n) is 3.11. The molecular weight excluding hydrogens is 248 g/mol. The summed E-state index contributed by atoms with van der Waals surface area (Å²) in [6.45, 7) is 3.05. The van der Waals surface area contributed by atoms with Crippen LogP contribution in [0.4, 0.5) is 0 Å². The van der Waals surface area contributed by atoms with E-state index in [0.29, 0.717) is 5.92 Å². The van der Waals surface area contributed by atoms with Gasteiger partial charge in [-0.2, -0.15) is 0 Å². The number of hydrogen-bond donors (Lipinski definition) is 1. The molecule has 0 saturated carbocycles. The molecule has 2 atom stereocenters.